The fourth-order valence-electron chi connectivity index (χ4n) is 2.95. The molecule has 1 saturated heterocycles. The molecule has 1 heterocycles. The first-order valence-electron chi connectivity index (χ1n) is 8.38. The highest BCUT2D eigenvalue weighted by atomic mass is 32.2. The van der Waals surface area contributed by atoms with Crippen molar-refractivity contribution in [1.29, 1.82) is 0 Å². The molecule has 6 nitrogen and oxygen atoms in total. The molecule has 0 aliphatic carbocycles. The molecule has 0 spiro atoms. The third-order valence-corrected chi connectivity index (χ3v) is 4.90. The summed E-state index contributed by atoms with van der Waals surface area (Å²) in [5.74, 6) is -0.134. The second-order valence-electron chi connectivity index (χ2n) is 6.43. The summed E-state index contributed by atoms with van der Waals surface area (Å²) in [4.78, 5) is 14.6. The van der Waals surface area contributed by atoms with Gasteiger partial charge in [0.2, 0.25) is 10.0 Å². The number of anilines is 1. The van der Waals surface area contributed by atoms with Crippen LogP contribution in [0.5, 0.6) is 0 Å². The average Bonchev–Trinajstić information content (AvgIpc) is 2.63. The van der Waals surface area contributed by atoms with Crippen molar-refractivity contribution in [3.63, 3.8) is 0 Å². The quantitative estimate of drug-likeness (QED) is 0.892. The van der Waals surface area contributed by atoms with E-state index in [-0.39, 0.29) is 12.0 Å². The summed E-state index contributed by atoms with van der Waals surface area (Å²) in [5.41, 5.74) is 2.67. The number of ether oxygens (including phenoxy) is 1. The van der Waals surface area contributed by atoms with Crippen molar-refractivity contribution < 1.29 is 17.9 Å². The molecule has 0 aromatic heterocycles. The van der Waals surface area contributed by atoms with E-state index < -0.39 is 10.0 Å². The zero-order valence-electron chi connectivity index (χ0n) is 14.8. The monoisotopic (exact) mass is 374 g/mol. The van der Waals surface area contributed by atoms with Crippen LogP contribution in [-0.4, -0.2) is 45.2 Å². The molecule has 0 saturated carbocycles. The van der Waals surface area contributed by atoms with Gasteiger partial charge in [0.05, 0.1) is 25.1 Å². The fourth-order valence-corrected chi connectivity index (χ4v) is 3.57. The van der Waals surface area contributed by atoms with Gasteiger partial charge < -0.3 is 9.64 Å². The van der Waals surface area contributed by atoms with Gasteiger partial charge in [0.15, 0.2) is 0 Å². The number of nitrogens with one attached hydrogen (secondary N) is 1. The molecule has 1 unspecified atom stereocenters. The summed E-state index contributed by atoms with van der Waals surface area (Å²) in [5, 5.41) is 0. The van der Waals surface area contributed by atoms with Gasteiger partial charge >= 0.3 is 0 Å². The van der Waals surface area contributed by atoms with Gasteiger partial charge in [-0.05, 0) is 30.2 Å². The van der Waals surface area contributed by atoms with Crippen molar-refractivity contribution in [1.82, 2.24) is 4.90 Å². The molecule has 0 bridgehead atoms. The van der Waals surface area contributed by atoms with Crippen molar-refractivity contribution in [3.8, 4) is 0 Å². The van der Waals surface area contributed by atoms with Crippen LogP contribution in [0.3, 0.4) is 0 Å². The highest BCUT2D eigenvalue weighted by Gasteiger charge is 2.26. The number of aryl methyl sites for hydroxylation is 1. The molecule has 7 heteroatoms. The summed E-state index contributed by atoms with van der Waals surface area (Å²) in [6.45, 7) is 3.23. The molecule has 3 rings (SSSR count). The Morgan fingerprint density at radius 3 is 2.62 bits per heavy atom. The van der Waals surface area contributed by atoms with E-state index in [4.69, 9.17) is 4.74 Å². The zero-order valence-corrected chi connectivity index (χ0v) is 15.6. The Balaban J connectivity index is 1.79. The summed E-state index contributed by atoms with van der Waals surface area (Å²) in [6, 6.07) is 14.9. The smallest absolute Gasteiger partial charge is 0.254 e. The lowest BCUT2D eigenvalue weighted by atomic mass is 10.1. The number of hydrogen-bond donors (Lipinski definition) is 1. The van der Waals surface area contributed by atoms with Crippen LogP contribution in [0.1, 0.15) is 27.6 Å². The minimum absolute atomic E-state index is 0.134. The molecule has 2 aromatic carbocycles. The number of benzene rings is 2. The maximum atomic E-state index is 12.9. The van der Waals surface area contributed by atoms with E-state index in [9.17, 15) is 13.2 Å². The first-order chi connectivity index (χ1) is 12.3. The van der Waals surface area contributed by atoms with E-state index in [1.807, 2.05) is 30.3 Å². The lowest BCUT2D eigenvalue weighted by Gasteiger charge is -2.33. The Morgan fingerprint density at radius 2 is 1.92 bits per heavy atom. The van der Waals surface area contributed by atoms with Crippen LogP contribution in [0.25, 0.3) is 0 Å². The van der Waals surface area contributed by atoms with Crippen LogP contribution < -0.4 is 4.72 Å². The van der Waals surface area contributed by atoms with Gasteiger partial charge in [-0.1, -0.05) is 36.4 Å². The molecule has 1 atom stereocenters. The van der Waals surface area contributed by atoms with Gasteiger partial charge in [-0.3, -0.25) is 9.52 Å². The van der Waals surface area contributed by atoms with Crippen LogP contribution in [0.2, 0.25) is 0 Å². The summed E-state index contributed by atoms with van der Waals surface area (Å²) in [6.07, 6.45) is 0.931. The molecule has 1 amide bonds. The van der Waals surface area contributed by atoms with Crippen LogP contribution in [0.4, 0.5) is 5.69 Å². The summed E-state index contributed by atoms with van der Waals surface area (Å²) in [7, 11) is -3.41. The Kier molecular flexibility index (Phi) is 5.29. The molecular formula is C19H22N2O4S. The molecule has 1 N–H and O–H groups in total. The SMILES string of the molecule is Cc1ccc(C(=O)N2CCOC(c3ccccc3)C2)cc1NS(C)(=O)=O. The van der Waals surface area contributed by atoms with Gasteiger partial charge in [0.25, 0.3) is 5.91 Å². The third kappa shape index (κ3) is 4.42. The van der Waals surface area contributed by atoms with Crippen LogP contribution in [-0.2, 0) is 14.8 Å². The van der Waals surface area contributed by atoms with Gasteiger partial charge in [-0.2, -0.15) is 0 Å². The second-order valence-corrected chi connectivity index (χ2v) is 8.17. The van der Waals surface area contributed by atoms with Gasteiger partial charge in [-0.15, -0.1) is 0 Å². The number of hydrogen-bond acceptors (Lipinski definition) is 4. The predicted molar refractivity (Wildman–Crippen MR) is 101 cm³/mol. The number of nitrogens with zero attached hydrogens (tertiary/aromatic N) is 1. The second kappa shape index (κ2) is 7.47. The van der Waals surface area contributed by atoms with Crippen LogP contribution in [0.15, 0.2) is 48.5 Å². The molecule has 2 aromatic rings. The molecule has 1 fully saturated rings. The first-order valence-corrected chi connectivity index (χ1v) is 10.3. The molecule has 26 heavy (non-hydrogen) atoms. The van der Waals surface area contributed by atoms with Gasteiger partial charge in [-0.25, -0.2) is 8.42 Å². The summed E-state index contributed by atoms with van der Waals surface area (Å²) < 4.78 is 31.3. The van der Waals surface area contributed by atoms with Crippen molar-refractivity contribution in [3.05, 3.63) is 65.2 Å². The lowest BCUT2D eigenvalue weighted by Crippen LogP contribution is -2.42. The number of sulfonamides is 1. The van der Waals surface area contributed by atoms with E-state index in [2.05, 4.69) is 4.72 Å². The number of morpholine rings is 1. The van der Waals surface area contributed by atoms with Crippen molar-refractivity contribution in [2.75, 3.05) is 30.7 Å². The van der Waals surface area contributed by atoms with E-state index in [1.54, 1.807) is 30.0 Å². The normalized spacial score (nSPS) is 17.8. The maximum Gasteiger partial charge on any atom is 0.254 e. The van der Waals surface area contributed by atoms with Crippen molar-refractivity contribution in [2.45, 2.75) is 13.0 Å². The Hall–Kier alpha value is -2.38. The third-order valence-electron chi connectivity index (χ3n) is 4.30. The summed E-state index contributed by atoms with van der Waals surface area (Å²) >= 11 is 0. The Morgan fingerprint density at radius 1 is 1.19 bits per heavy atom. The maximum absolute atomic E-state index is 12.9. The minimum Gasteiger partial charge on any atom is -0.370 e. The molecule has 1 aliphatic rings. The molecule has 1 aliphatic heterocycles. The number of rotatable bonds is 4. The van der Waals surface area contributed by atoms with Crippen molar-refractivity contribution in [2.24, 2.45) is 0 Å². The Bertz CT molecular complexity index is 897. The van der Waals surface area contributed by atoms with Crippen LogP contribution in [0, 0.1) is 6.92 Å². The Labute approximate surface area is 153 Å². The van der Waals surface area contributed by atoms with Gasteiger partial charge in [0, 0.05) is 12.1 Å². The standard InChI is InChI=1S/C19H22N2O4S/c1-14-8-9-16(12-17(14)20-26(2,23)24)19(22)21-10-11-25-18(13-21)15-6-4-3-5-7-15/h3-9,12,18,20H,10-11,13H2,1-2H3. The lowest BCUT2D eigenvalue weighted by molar-refractivity contribution is -0.0228. The zero-order chi connectivity index (χ0) is 18.7. The van der Waals surface area contributed by atoms with E-state index in [0.717, 1.165) is 17.4 Å². The van der Waals surface area contributed by atoms with E-state index in [0.29, 0.717) is 30.9 Å². The predicted octanol–water partition coefficient (Wildman–Crippen LogP) is 2.58. The minimum atomic E-state index is -3.41. The first kappa shape index (κ1) is 18.4. The van der Waals surface area contributed by atoms with Crippen molar-refractivity contribution >= 4 is 21.6 Å². The largest absolute Gasteiger partial charge is 0.370 e. The molecule has 0 radical (unpaired) electrons. The highest BCUT2D eigenvalue weighted by molar-refractivity contribution is 7.92. The topological polar surface area (TPSA) is 75.7 Å². The van der Waals surface area contributed by atoms with Gasteiger partial charge in [0.1, 0.15) is 6.10 Å². The fraction of sp³-hybridized carbons (Fsp3) is 0.316. The van der Waals surface area contributed by atoms with E-state index >= 15 is 0 Å². The number of carbonyl (C=O) groups is 1. The molecular weight excluding hydrogens is 352 g/mol. The van der Waals surface area contributed by atoms with Crippen LogP contribution >= 0.6 is 0 Å². The molecule has 138 valence electrons. The van der Waals surface area contributed by atoms with E-state index in [1.165, 1.54) is 0 Å². The average molecular weight is 374 g/mol. The number of carbonyl (C=O) groups excluding carboxylic acids is 1. The number of amides is 1. The highest BCUT2D eigenvalue weighted by Crippen LogP contribution is 2.24.